The van der Waals surface area contributed by atoms with Crippen LogP contribution in [0.5, 0.6) is 0 Å². The van der Waals surface area contributed by atoms with E-state index in [1.54, 1.807) is 6.07 Å². The van der Waals surface area contributed by atoms with E-state index in [-0.39, 0.29) is 23.7 Å². The summed E-state index contributed by atoms with van der Waals surface area (Å²) < 4.78 is 40.8. The number of hydrogen-bond donors (Lipinski definition) is 1. The molecular weight excluding hydrogens is 537 g/mol. The molecular formula is C30H41F3N4O4. The van der Waals surface area contributed by atoms with Gasteiger partial charge in [0.2, 0.25) is 11.8 Å². The number of nitrogens with zero attached hydrogens (tertiary/aromatic N) is 4. The number of halogens is 3. The SMILES string of the molecule is O=C(O)C1CCN(c2cc(C(F)(F)F)ccc2C2CCN(C(=O)C3CCN(CC(=O)N4CCCCC4)CC3)C2)CC1. The van der Waals surface area contributed by atoms with Crippen LogP contribution in [0.3, 0.4) is 0 Å². The van der Waals surface area contributed by atoms with Crippen molar-refractivity contribution in [1.82, 2.24) is 14.7 Å². The lowest BCUT2D eigenvalue weighted by molar-refractivity contribution is -0.142. The normalized spacial score (nSPS) is 23.7. The second-order valence-corrected chi connectivity index (χ2v) is 12.1. The van der Waals surface area contributed by atoms with Crippen LogP contribution in [0.25, 0.3) is 0 Å². The van der Waals surface area contributed by atoms with Crippen molar-refractivity contribution in [2.45, 2.75) is 63.5 Å². The highest BCUT2D eigenvalue weighted by Gasteiger charge is 2.37. The minimum absolute atomic E-state index is 0.0734. The molecule has 1 aromatic carbocycles. The van der Waals surface area contributed by atoms with E-state index in [4.69, 9.17) is 0 Å². The number of carbonyl (C=O) groups excluding carboxylic acids is 2. The van der Waals surface area contributed by atoms with Gasteiger partial charge in [-0.1, -0.05) is 6.07 Å². The zero-order chi connectivity index (χ0) is 29.1. The second-order valence-electron chi connectivity index (χ2n) is 12.1. The van der Waals surface area contributed by atoms with Gasteiger partial charge in [0.1, 0.15) is 0 Å². The Morgan fingerprint density at radius 3 is 2.10 bits per heavy atom. The summed E-state index contributed by atoms with van der Waals surface area (Å²) in [4.78, 5) is 45.3. The predicted molar refractivity (Wildman–Crippen MR) is 148 cm³/mol. The molecule has 41 heavy (non-hydrogen) atoms. The third kappa shape index (κ3) is 6.98. The number of anilines is 1. The highest BCUT2D eigenvalue weighted by molar-refractivity contribution is 5.80. The topological polar surface area (TPSA) is 84.4 Å². The Bertz CT molecular complexity index is 1110. The third-order valence-electron chi connectivity index (χ3n) is 9.49. The first-order chi connectivity index (χ1) is 19.6. The van der Waals surface area contributed by atoms with Gasteiger partial charge in [-0.25, -0.2) is 0 Å². The van der Waals surface area contributed by atoms with E-state index >= 15 is 0 Å². The monoisotopic (exact) mass is 578 g/mol. The van der Waals surface area contributed by atoms with E-state index < -0.39 is 23.6 Å². The molecule has 2 amide bonds. The second kappa shape index (κ2) is 12.6. The van der Waals surface area contributed by atoms with Gasteiger partial charge in [-0.2, -0.15) is 13.2 Å². The molecule has 11 heteroatoms. The molecule has 5 rings (SSSR count). The van der Waals surface area contributed by atoms with Crippen LogP contribution in [0.2, 0.25) is 0 Å². The van der Waals surface area contributed by atoms with Crippen molar-refractivity contribution in [3.05, 3.63) is 29.3 Å². The molecule has 0 bridgehead atoms. The molecule has 1 N–H and O–H groups in total. The van der Waals surface area contributed by atoms with Gasteiger partial charge < -0.3 is 19.8 Å². The molecule has 0 radical (unpaired) electrons. The van der Waals surface area contributed by atoms with Crippen LogP contribution in [-0.2, 0) is 20.6 Å². The van der Waals surface area contributed by atoms with Crippen molar-refractivity contribution in [2.24, 2.45) is 11.8 Å². The van der Waals surface area contributed by atoms with Gasteiger partial charge in [0.15, 0.2) is 0 Å². The van der Waals surface area contributed by atoms with Crippen LogP contribution in [0.15, 0.2) is 18.2 Å². The van der Waals surface area contributed by atoms with E-state index in [1.165, 1.54) is 12.5 Å². The number of aliphatic carboxylic acids is 1. The molecule has 4 aliphatic heterocycles. The Labute approximate surface area is 239 Å². The van der Waals surface area contributed by atoms with Gasteiger partial charge in [0.05, 0.1) is 18.0 Å². The fourth-order valence-electron chi connectivity index (χ4n) is 6.95. The van der Waals surface area contributed by atoms with Crippen molar-refractivity contribution in [3.63, 3.8) is 0 Å². The average molecular weight is 579 g/mol. The molecule has 4 saturated heterocycles. The highest BCUT2D eigenvalue weighted by atomic mass is 19.4. The van der Waals surface area contributed by atoms with Crippen LogP contribution < -0.4 is 4.90 Å². The van der Waals surface area contributed by atoms with Crippen LogP contribution >= 0.6 is 0 Å². The molecule has 0 aromatic heterocycles. The van der Waals surface area contributed by atoms with Crippen molar-refractivity contribution < 1.29 is 32.7 Å². The molecule has 1 unspecified atom stereocenters. The fraction of sp³-hybridized carbons (Fsp3) is 0.700. The van der Waals surface area contributed by atoms with Gasteiger partial charge in [-0.15, -0.1) is 0 Å². The standard InChI is InChI=1S/C30H41F3N4O4/c31-30(32,33)24-4-5-25(26(18-24)35-15-8-22(9-16-35)29(40)41)23-10-17-37(19-23)28(39)21-6-13-34(14-7-21)20-27(38)36-11-2-1-3-12-36/h4-5,18,21-23H,1-3,6-17,19-20H2,(H,40,41). The van der Waals surface area contributed by atoms with Crippen molar-refractivity contribution >= 4 is 23.5 Å². The summed E-state index contributed by atoms with van der Waals surface area (Å²) in [5, 5.41) is 9.34. The number of carboxylic acids is 1. The maximum atomic E-state index is 13.6. The molecule has 1 aromatic rings. The highest BCUT2D eigenvalue weighted by Crippen LogP contribution is 2.40. The van der Waals surface area contributed by atoms with E-state index in [0.717, 1.165) is 37.6 Å². The van der Waals surface area contributed by atoms with Gasteiger partial charge in [-0.05, 0) is 82.2 Å². The number of piperidine rings is 3. The first-order valence-electron chi connectivity index (χ1n) is 15.1. The molecule has 0 aliphatic carbocycles. The van der Waals surface area contributed by atoms with Gasteiger partial charge in [0.25, 0.3) is 0 Å². The largest absolute Gasteiger partial charge is 0.481 e. The quantitative estimate of drug-likeness (QED) is 0.549. The van der Waals surface area contributed by atoms with E-state index in [2.05, 4.69) is 4.90 Å². The number of alkyl halides is 3. The number of benzene rings is 1. The van der Waals surface area contributed by atoms with E-state index in [1.807, 2.05) is 14.7 Å². The van der Waals surface area contributed by atoms with Crippen molar-refractivity contribution in [3.8, 4) is 0 Å². The Hall–Kier alpha value is -2.82. The smallest absolute Gasteiger partial charge is 0.416 e. The van der Waals surface area contributed by atoms with Crippen LogP contribution in [0.1, 0.15) is 68.4 Å². The molecule has 226 valence electrons. The summed E-state index contributed by atoms with van der Waals surface area (Å²) in [5.74, 6) is -1.23. The summed E-state index contributed by atoms with van der Waals surface area (Å²) in [6.07, 6.45) is 1.71. The maximum Gasteiger partial charge on any atom is 0.416 e. The predicted octanol–water partition coefficient (Wildman–Crippen LogP) is 4.05. The Kier molecular flexibility index (Phi) is 9.11. The summed E-state index contributed by atoms with van der Waals surface area (Å²) >= 11 is 0. The van der Waals surface area contributed by atoms with Gasteiger partial charge >= 0.3 is 12.1 Å². The molecule has 0 spiro atoms. The zero-order valence-electron chi connectivity index (χ0n) is 23.6. The molecule has 4 fully saturated rings. The molecule has 4 aliphatic rings. The van der Waals surface area contributed by atoms with E-state index in [0.29, 0.717) is 83.6 Å². The number of likely N-dealkylation sites (tertiary alicyclic amines) is 3. The van der Waals surface area contributed by atoms with Gasteiger partial charge in [-0.3, -0.25) is 19.3 Å². The first kappa shape index (κ1) is 29.7. The molecule has 8 nitrogen and oxygen atoms in total. The average Bonchev–Trinajstić information content (AvgIpc) is 3.47. The van der Waals surface area contributed by atoms with Crippen molar-refractivity contribution in [1.29, 1.82) is 0 Å². The van der Waals surface area contributed by atoms with Crippen LogP contribution in [-0.4, -0.2) is 96.5 Å². The minimum atomic E-state index is -4.47. The number of carbonyl (C=O) groups is 3. The fourth-order valence-corrected chi connectivity index (χ4v) is 6.95. The summed E-state index contributed by atoms with van der Waals surface area (Å²) in [5.41, 5.74) is 0.593. The van der Waals surface area contributed by atoms with Gasteiger partial charge in [0, 0.05) is 56.8 Å². The van der Waals surface area contributed by atoms with Crippen LogP contribution in [0, 0.1) is 11.8 Å². The van der Waals surface area contributed by atoms with E-state index in [9.17, 15) is 32.7 Å². The number of carboxylic acid groups (broad SMARTS) is 1. The zero-order valence-corrected chi connectivity index (χ0v) is 23.6. The Balaban J connectivity index is 1.19. The summed E-state index contributed by atoms with van der Waals surface area (Å²) in [7, 11) is 0. The number of amides is 2. The number of hydrogen-bond acceptors (Lipinski definition) is 5. The molecule has 0 saturated carbocycles. The first-order valence-corrected chi connectivity index (χ1v) is 15.1. The summed E-state index contributed by atoms with van der Waals surface area (Å²) in [6, 6.07) is 3.87. The van der Waals surface area contributed by atoms with Crippen LogP contribution in [0.4, 0.5) is 18.9 Å². The lowest BCUT2D eigenvalue weighted by Crippen LogP contribution is -2.47. The molecule has 4 heterocycles. The Morgan fingerprint density at radius 2 is 1.46 bits per heavy atom. The maximum absolute atomic E-state index is 13.6. The lowest BCUT2D eigenvalue weighted by atomic mass is 9.91. The summed E-state index contributed by atoms with van der Waals surface area (Å²) in [6.45, 7) is 5.32. The lowest BCUT2D eigenvalue weighted by Gasteiger charge is -2.35. The number of rotatable bonds is 6. The third-order valence-corrected chi connectivity index (χ3v) is 9.49. The Morgan fingerprint density at radius 1 is 0.805 bits per heavy atom. The minimum Gasteiger partial charge on any atom is -0.481 e. The molecule has 1 atom stereocenters. The van der Waals surface area contributed by atoms with Crippen molar-refractivity contribution in [2.75, 3.05) is 63.8 Å².